The average molecular weight is 297 g/mol. The highest BCUT2D eigenvalue weighted by molar-refractivity contribution is 8.13. The Labute approximate surface area is 106 Å². The van der Waals surface area contributed by atoms with Crippen molar-refractivity contribution in [3.05, 3.63) is 29.8 Å². The molecule has 0 fully saturated rings. The van der Waals surface area contributed by atoms with E-state index in [0.29, 0.717) is 5.56 Å². The number of benzene rings is 1. The van der Waals surface area contributed by atoms with E-state index in [4.69, 9.17) is 10.7 Å². The molecule has 0 aromatic heterocycles. The second kappa shape index (κ2) is 4.96. The third-order valence-electron chi connectivity index (χ3n) is 2.27. The molecule has 0 radical (unpaired) electrons. The van der Waals surface area contributed by atoms with Gasteiger partial charge in [-0.2, -0.15) is 0 Å². The predicted molar refractivity (Wildman–Crippen MR) is 67.2 cm³/mol. The molecule has 0 saturated carbocycles. The van der Waals surface area contributed by atoms with E-state index in [1.54, 1.807) is 19.9 Å². The molecule has 17 heavy (non-hydrogen) atoms. The maximum atomic E-state index is 11.7. The van der Waals surface area contributed by atoms with Crippen molar-refractivity contribution < 1.29 is 16.8 Å². The van der Waals surface area contributed by atoms with Crippen LogP contribution in [0.1, 0.15) is 19.4 Å². The molecular formula is C10H13ClO4S2. The molecule has 0 N–H and O–H groups in total. The lowest BCUT2D eigenvalue weighted by atomic mass is 10.2. The van der Waals surface area contributed by atoms with Gasteiger partial charge in [-0.25, -0.2) is 16.8 Å². The molecule has 0 atom stereocenters. The molecule has 4 nitrogen and oxygen atoms in total. The summed E-state index contributed by atoms with van der Waals surface area (Å²) in [5.41, 5.74) is 0.417. The van der Waals surface area contributed by atoms with Gasteiger partial charge in [0.1, 0.15) is 0 Å². The lowest BCUT2D eigenvalue weighted by Crippen LogP contribution is -2.16. The van der Waals surface area contributed by atoms with Gasteiger partial charge in [0.15, 0.2) is 9.84 Å². The Balaban J connectivity index is 3.11. The van der Waals surface area contributed by atoms with Gasteiger partial charge in [-0.05, 0) is 31.5 Å². The molecule has 0 aliphatic heterocycles. The van der Waals surface area contributed by atoms with E-state index in [9.17, 15) is 16.8 Å². The standard InChI is InChI=1S/C10H13ClO4S2/c1-8(2)16(12,13)7-9-4-3-5-10(6-9)17(11,14)15/h3-6,8H,7H2,1-2H3. The van der Waals surface area contributed by atoms with Gasteiger partial charge in [-0.1, -0.05) is 12.1 Å². The van der Waals surface area contributed by atoms with Crippen molar-refractivity contribution in [3.63, 3.8) is 0 Å². The van der Waals surface area contributed by atoms with Gasteiger partial charge < -0.3 is 0 Å². The third-order valence-corrected chi connectivity index (χ3v) is 5.79. The van der Waals surface area contributed by atoms with Gasteiger partial charge in [-0.15, -0.1) is 0 Å². The zero-order chi connectivity index (χ0) is 13.3. The summed E-state index contributed by atoms with van der Waals surface area (Å²) in [7, 11) is -1.89. The molecule has 0 saturated heterocycles. The summed E-state index contributed by atoms with van der Waals surface area (Å²) in [6.45, 7) is 3.16. The molecule has 1 aromatic rings. The van der Waals surface area contributed by atoms with Gasteiger partial charge in [0.2, 0.25) is 0 Å². The maximum absolute atomic E-state index is 11.7. The van der Waals surface area contributed by atoms with E-state index >= 15 is 0 Å². The molecule has 0 spiro atoms. The van der Waals surface area contributed by atoms with Crippen LogP contribution in [0.4, 0.5) is 0 Å². The molecule has 0 amide bonds. The first-order valence-electron chi connectivity index (χ1n) is 4.88. The molecule has 0 aliphatic rings. The highest BCUT2D eigenvalue weighted by Gasteiger charge is 2.18. The Morgan fingerprint density at radius 3 is 2.24 bits per heavy atom. The van der Waals surface area contributed by atoms with E-state index in [0.717, 1.165) is 0 Å². The highest BCUT2D eigenvalue weighted by atomic mass is 35.7. The number of hydrogen-bond donors (Lipinski definition) is 0. The number of hydrogen-bond acceptors (Lipinski definition) is 4. The van der Waals surface area contributed by atoms with Crippen molar-refractivity contribution in [3.8, 4) is 0 Å². The van der Waals surface area contributed by atoms with Crippen LogP contribution in [0.5, 0.6) is 0 Å². The van der Waals surface area contributed by atoms with Gasteiger partial charge in [0.05, 0.1) is 15.9 Å². The van der Waals surface area contributed by atoms with Crippen molar-refractivity contribution >= 4 is 29.6 Å². The van der Waals surface area contributed by atoms with Crippen LogP contribution in [-0.4, -0.2) is 22.1 Å². The number of rotatable bonds is 4. The summed E-state index contributed by atoms with van der Waals surface area (Å²) in [5.74, 6) is -0.190. The molecule has 0 aliphatic carbocycles. The van der Waals surface area contributed by atoms with Gasteiger partial charge in [-0.3, -0.25) is 0 Å². The molecule has 0 bridgehead atoms. The quantitative estimate of drug-likeness (QED) is 0.796. The normalized spacial score (nSPS) is 12.9. The maximum Gasteiger partial charge on any atom is 0.261 e. The van der Waals surface area contributed by atoms with Crippen LogP contribution >= 0.6 is 10.7 Å². The lowest BCUT2D eigenvalue weighted by molar-refractivity contribution is 0.586. The Kier molecular flexibility index (Phi) is 4.22. The molecular weight excluding hydrogens is 284 g/mol. The van der Waals surface area contributed by atoms with Crippen LogP contribution in [0, 0.1) is 0 Å². The van der Waals surface area contributed by atoms with E-state index < -0.39 is 24.1 Å². The first kappa shape index (κ1) is 14.5. The van der Waals surface area contributed by atoms with Crippen LogP contribution in [0.15, 0.2) is 29.2 Å². The Hall–Kier alpha value is -0.590. The van der Waals surface area contributed by atoms with Crippen molar-refractivity contribution in [2.75, 3.05) is 0 Å². The predicted octanol–water partition coefficient (Wildman–Crippen LogP) is 1.94. The first-order valence-corrected chi connectivity index (χ1v) is 8.90. The first-order chi connectivity index (χ1) is 7.63. The Morgan fingerprint density at radius 1 is 1.18 bits per heavy atom. The van der Waals surface area contributed by atoms with Gasteiger partial charge >= 0.3 is 0 Å². The smallest absolute Gasteiger partial charge is 0.228 e. The minimum atomic E-state index is -3.82. The van der Waals surface area contributed by atoms with Crippen LogP contribution in [-0.2, 0) is 24.6 Å². The van der Waals surface area contributed by atoms with Crippen molar-refractivity contribution in [1.82, 2.24) is 0 Å². The summed E-state index contributed by atoms with van der Waals surface area (Å²) < 4.78 is 45.6. The second-order valence-corrected chi connectivity index (χ2v) is 9.06. The van der Waals surface area contributed by atoms with Crippen LogP contribution < -0.4 is 0 Å². The van der Waals surface area contributed by atoms with E-state index in [-0.39, 0.29) is 10.6 Å². The summed E-state index contributed by atoms with van der Waals surface area (Å²) >= 11 is 0. The zero-order valence-corrected chi connectivity index (χ0v) is 11.8. The van der Waals surface area contributed by atoms with Crippen molar-refractivity contribution in [2.24, 2.45) is 0 Å². The summed E-state index contributed by atoms with van der Waals surface area (Å²) in [6, 6.07) is 5.64. The minimum Gasteiger partial charge on any atom is -0.228 e. The second-order valence-electron chi connectivity index (χ2n) is 3.94. The summed E-state index contributed by atoms with van der Waals surface area (Å²) in [6.07, 6.45) is 0. The fourth-order valence-corrected chi connectivity index (χ4v) is 2.98. The van der Waals surface area contributed by atoms with Crippen molar-refractivity contribution in [1.29, 1.82) is 0 Å². The zero-order valence-electron chi connectivity index (χ0n) is 9.42. The fraction of sp³-hybridized carbons (Fsp3) is 0.400. The average Bonchev–Trinajstić information content (AvgIpc) is 2.15. The Morgan fingerprint density at radius 2 is 1.76 bits per heavy atom. The Bertz CT molecular complexity index is 603. The monoisotopic (exact) mass is 296 g/mol. The summed E-state index contributed by atoms with van der Waals surface area (Å²) in [5, 5.41) is -0.501. The molecule has 96 valence electrons. The molecule has 7 heteroatoms. The lowest BCUT2D eigenvalue weighted by Gasteiger charge is -2.08. The molecule has 0 unspecified atom stereocenters. The van der Waals surface area contributed by atoms with Crippen molar-refractivity contribution in [2.45, 2.75) is 29.7 Å². The van der Waals surface area contributed by atoms with Crippen LogP contribution in [0.2, 0.25) is 0 Å². The summed E-state index contributed by atoms with van der Waals surface area (Å²) in [4.78, 5) is -0.0874. The van der Waals surface area contributed by atoms with Crippen LogP contribution in [0.25, 0.3) is 0 Å². The van der Waals surface area contributed by atoms with E-state index in [1.165, 1.54) is 18.2 Å². The topological polar surface area (TPSA) is 68.3 Å². The number of sulfone groups is 1. The molecule has 1 rings (SSSR count). The number of halogens is 1. The fourth-order valence-electron chi connectivity index (χ4n) is 1.19. The minimum absolute atomic E-state index is 0.0874. The highest BCUT2D eigenvalue weighted by Crippen LogP contribution is 2.18. The van der Waals surface area contributed by atoms with Gasteiger partial charge in [0, 0.05) is 10.7 Å². The van der Waals surface area contributed by atoms with Gasteiger partial charge in [0.25, 0.3) is 9.05 Å². The largest absolute Gasteiger partial charge is 0.261 e. The van der Waals surface area contributed by atoms with Crippen LogP contribution in [0.3, 0.4) is 0 Å². The van der Waals surface area contributed by atoms with E-state index in [2.05, 4.69) is 0 Å². The SMILES string of the molecule is CC(C)S(=O)(=O)Cc1cccc(S(=O)(=O)Cl)c1. The molecule has 1 aromatic carbocycles. The van der Waals surface area contributed by atoms with E-state index in [1.807, 2.05) is 0 Å². The molecule has 0 heterocycles. The third kappa shape index (κ3) is 3.97.